The molecule has 1 heterocycles. The fourth-order valence-corrected chi connectivity index (χ4v) is 1.34. The van der Waals surface area contributed by atoms with E-state index in [1.807, 2.05) is 0 Å². The van der Waals surface area contributed by atoms with Gasteiger partial charge in [0.05, 0.1) is 6.21 Å². The monoisotopic (exact) mass is 240 g/mol. The highest BCUT2D eigenvalue weighted by molar-refractivity contribution is 5.79. The van der Waals surface area contributed by atoms with Crippen molar-refractivity contribution in [2.24, 2.45) is 5.16 Å². The third-order valence-corrected chi connectivity index (χ3v) is 2.16. The van der Waals surface area contributed by atoms with Crippen LogP contribution in [0.3, 0.4) is 0 Å². The van der Waals surface area contributed by atoms with Crippen molar-refractivity contribution in [2.75, 3.05) is 0 Å². The standard InChI is InChI=1S/C14H9FN2O/c15-14-5-3-11(4-6-14)1-2-12-7-13(10-17-18)9-16-8-12/h3-10,18H. The lowest BCUT2D eigenvalue weighted by atomic mass is 10.2. The molecule has 0 unspecified atom stereocenters. The number of hydrogen-bond acceptors (Lipinski definition) is 3. The smallest absolute Gasteiger partial charge is 0.123 e. The Labute approximate surface area is 104 Å². The minimum absolute atomic E-state index is 0.289. The van der Waals surface area contributed by atoms with Gasteiger partial charge in [0.2, 0.25) is 0 Å². The molecule has 88 valence electrons. The van der Waals surface area contributed by atoms with E-state index in [0.29, 0.717) is 11.1 Å². The van der Waals surface area contributed by atoms with Crippen LogP contribution in [0.25, 0.3) is 0 Å². The molecule has 18 heavy (non-hydrogen) atoms. The largest absolute Gasteiger partial charge is 0.411 e. The van der Waals surface area contributed by atoms with Gasteiger partial charge in [-0.2, -0.15) is 0 Å². The zero-order valence-corrected chi connectivity index (χ0v) is 9.34. The summed E-state index contributed by atoms with van der Waals surface area (Å²) < 4.78 is 12.7. The molecule has 0 saturated carbocycles. The predicted octanol–water partition coefficient (Wildman–Crippen LogP) is 2.43. The average molecular weight is 240 g/mol. The van der Waals surface area contributed by atoms with Crippen LogP contribution < -0.4 is 0 Å². The summed E-state index contributed by atoms with van der Waals surface area (Å²) in [4.78, 5) is 3.96. The van der Waals surface area contributed by atoms with Gasteiger partial charge in [-0.25, -0.2) is 4.39 Å². The number of aromatic nitrogens is 1. The summed E-state index contributed by atoms with van der Waals surface area (Å²) in [6.07, 6.45) is 4.43. The maximum atomic E-state index is 12.7. The Kier molecular flexibility index (Phi) is 3.67. The van der Waals surface area contributed by atoms with E-state index >= 15 is 0 Å². The first-order valence-corrected chi connectivity index (χ1v) is 5.18. The van der Waals surface area contributed by atoms with Crippen LogP contribution in [0.1, 0.15) is 16.7 Å². The number of benzene rings is 1. The van der Waals surface area contributed by atoms with E-state index in [1.165, 1.54) is 18.3 Å². The van der Waals surface area contributed by atoms with Gasteiger partial charge in [-0.05, 0) is 30.3 Å². The molecule has 0 atom stereocenters. The summed E-state index contributed by atoms with van der Waals surface area (Å²) in [5.74, 6) is 5.51. The molecular formula is C14H9FN2O. The van der Waals surface area contributed by atoms with Gasteiger partial charge in [0.25, 0.3) is 0 Å². The second kappa shape index (κ2) is 5.60. The Bertz CT molecular complexity index is 624. The van der Waals surface area contributed by atoms with Crippen LogP contribution in [0, 0.1) is 17.7 Å². The van der Waals surface area contributed by atoms with Crippen LogP contribution in [-0.2, 0) is 0 Å². The van der Waals surface area contributed by atoms with Gasteiger partial charge in [-0.1, -0.05) is 17.0 Å². The molecule has 1 aromatic heterocycles. The van der Waals surface area contributed by atoms with Crippen molar-refractivity contribution in [2.45, 2.75) is 0 Å². The molecule has 0 bridgehead atoms. The van der Waals surface area contributed by atoms with Crippen molar-refractivity contribution in [1.29, 1.82) is 0 Å². The first kappa shape index (κ1) is 11.8. The predicted molar refractivity (Wildman–Crippen MR) is 66.0 cm³/mol. The Morgan fingerprint density at radius 3 is 2.56 bits per heavy atom. The zero-order valence-electron chi connectivity index (χ0n) is 9.34. The molecule has 0 aliphatic heterocycles. The minimum atomic E-state index is -0.289. The Morgan fingerprint density at radius 1 is 1.11 bits per heavy atom. The van der Waals surface area contributed by atoms with Crippen LogP contribution in [0.4, 0.5) is 4.39 Å². The Morgan fingerprint density at radius 2 is 1.83 bits per heavy atom. The van der Waals surface area contributed by atoms with Gasteiger partial charge in [0.15, 0.2) is 0 Å². The number of oxime groups is 1. The fraction of sp³-hybridized carbons (Fsp3) is 0. The molecule has 0 spiro atoms. The van der Waals surface area contributed by atoms with E-state index in [1.54, 1.807) is 30.6 Å². The van der Waals surface area contributed by atoms with Gasteiger partial charge < -0.3 is 5.21 Å². The molecule has 3 nitrogen and oxygen atoms in total. The number of pyridine rings is 1. The van der Waals surface area contributed by atoms with Crippen molar-refractivity contribution in [3.63, 3.8) is 0 Å². The second-order valence-corrected chi connectivity index (χ2v) is 3.51. The van der Waals surface area contributed by atoms with E-state index in [4.69, 9.17) is 5.21 Å². The van der Waals surface area contributed by atoms with Crippen molar-refractivity contribution < 1.29 is 9.60 Å². The topological polar surface area (TPSA) is 45.5 Å². The minimum Gasteiger partial charge on any atom is -0.411 e. The molecule has 1 N–H and O–H groups in total. The second-order valence-electron chi connectivity index (χ2n) is 3.51. The molecule has 0 fully saturated rings. The summed E-state index contributed by atoms with van der Waals surface area (Å²) in [5.41, 5.74) is 2.07. The van der Waals surface area contributed by atoms with Crippen LogP contribution in [-0.4, -0.2) is 16.4 Å². The van der Waals surface area contributed by atoms with Crippen molar-refractivity contribution in [3.8, 4) is 11.8 Å². The van der Waals surface area contributed by atoms with E-state index in [9.17, 15) is 4.39 Å². The lowest BCUT2D eigenvalue weighted by Crippen LogP contribution is -1.86. The van der Waals surface area contributed by atoms with Crippen molar-refractivity contribution in [1.82, 2.24) is 4.98 Å². The van der Waals surface area contributed by atoms with E-state index in [2.05, 4.69) is 22.0 Å². The highest BCUT2D eigenvalue weighted by atomic mass is 19.1. The van der Waals surface area contributed by atoms with Gasteiger partial charge in [0, 0.05) is 29.1 Å². The SMILES string of the molecule is ON=Cc1cncc(C#Cc2ccc(F)cc2)c1. The van der Waals surface area contributed by atoms with E-state index in [-0.39, 0.29) is 5.82 Å². The first-order valence-electron chi connectivity index (χ1n) is 5.18. The van der Waals surface area contributed by atoms with Crippen LogP contribution in [0.15, 0.2) is 47.9 Å². The summed E-state index contributed by atoms with van der Waals surface area (Å²) in [5, 5.41) is 11.3. The maximum Gasteiger partial charge on any atom is 0.123 e. The van der Waals surface area contributed by atoms with E-state index < -0.39 is 0 Å². The maximum absolute atomic E-state index is 12.7. The van der Waals surface area contributed by atoms with E-state index in [0.717, 1.165) is 5.56 Å². The van der Waals surface area contributed by atoms with Crippen molar-refractivity contribution in [3.05, 3.63) is 65.2 Å². The van der Waals surface area contributed by atoms with Crippen LogP contribution >= 0.6 is 0 Å². The lowest BCUT2D eigenvalue weighted by molar-refractivity contribution is 0.322. The summed E-state index contributed by atoms with van der Waals surface area (Å²) in [7, 11) is 0. The molecule has 0 aliphatic carbocycles. The third-order valence-electron chi connectivity index (χ3n) is 2.16. The molecule has 0 radical (unpaired) electrons. The zero-order chi connectivity index (χ0) is 12.8. The van der Waals surface area contributed by atoms with Crippen molar-refractivity contribution >= 4 is 6.21 Å². The number of rotatable bonds is 1. The van der Waals surface area contributed by atoms with Gasteiger partial charge in [0.1, 0.15) is 5.82 Å². The Hall–Kier alpha value is -2.67. The molecule has 2 aromatic rings. The highest BCUT2D eigenvalue weighted by Crippen LogP contribution is 2.02. The molecule has 1 aromatic carbocycles. The molecule has 2 rings (SSSR count). The molecule has 4 heteroatoms. The van der Waals surface area contributed by atoms with Gasteiger partial charge in [-0.3, -0.25) is 4.98 Å². The lowest BCUT2D eigenvalue weighted by Gasteiger charge is -1.93. The van der Waals surface area contributed by atoms with Gasteiger partial charge in [-0.15, -0.1) is 0 Å². The molecular weight excluding hydrogens is 231 g/mol. The quantitative estimate of drug-likeness (QED) is 0.360. The van der Waals surface area contributed by atoms with Gasteiger partial charge >= 0.3 is 0 Å². The van der Waals surface area contributed by atoms with Crippen LogP contribution in [0.5, 0.6) is 0 Å². The number of nitrogens with zero attached hydrogens (tertiary/aromatic N) is 2. The molecule has 0 amide bonds. The van der Waals surface area contributed by atoms with Crippen LogP contribution in [0.2, 0.25) is 0 Å². The average Bonchev–Trinajstić information content (AvgIpc) is 2.39. The third kappa shape index (κ3) is 3.16. The normalized spacial score (nSPS) is 10.1. The summed E-state index contributed by atoms with van der Waals surface area (Å²) in [6, 6.07) is 7.67. The summed E-state index contributed by atoms with van der Waals surface area (Å²) >= 11 is 0. The Balaban J connectivity index is 2.24. The number of hydrogen-bond donors (Lipinski definition) is 1. The fourth-order valence-electron chi connectivity index (χ4n) is 1.34. The number of halogens is 1. The molecule has 0 saturated heterocycles. The molecule has 0 aliphatic rings. The summed E-state index contributed by atoms with van der Waals surface area (Å²) in [6.45, 7) is 0. The first-order chi connectivity index (χ1) is 8.78. The highest BCUT2D eigenvalue weighted by Gasteiger charge is 1.92.